The molecule has 1 radical (unpaired) electrons. The van der Waals surface area contributed by atoms with Gasteiger partial charge in [-0.2, -0.15) is 4.39 Å². The van der Waals surface area contributed by atoms with E-state index >= 15 is 0 Å². The van der Waals surface area contributed by atoms with Crippen molar-refractivity contribution < 1.29 is 4.39 Å². The molecule has 0 atom stereocenters. The lowest BCUT2D eigenvalue weighted by Gasteiger charge is -1.97. The van der Waals surface area contributed by atoms with E-state index in [4.69, 9.17) is 28.9 Å². The van der Waals surface area contributed by atoms with E-state index in [9.17, 15) is 4.39 Å². The van der Waals surface area contributed by atoms with Crippen LogP contribution in [0.5, 0.6) is 0 Å². The van der Waals surface area contributed by atoms with Gasteiger partial charge in [-0.25, -0.2) is 4.98 Å². The van der Waals surface area contributed by atoms with Crippen LogP contribution in [0.1, 0.15) is 0 Å². The Hall–Kier alpha value is -0.540. The molecule has 0 aliphatic carbocycles. The first kappa shape index (κ1) is 7.57. The second kappa shape index (κ2) is 2.60. The van der Waals surface area contributed by atoms with Crippen molar-refractivity contribution in [3.05, 3.63) is 22.2 Å². The van der Waals surface area contributed by atoms with E-state index in [1.165, 1.54) is 0 Å². The minimum Gasteiger partial charge on any atom is -0.396 e. The third kappa shape index (κ3) is 1.15. The molecule has 53 valence electrons. The van der Waals surface area contributed by atoms with Crippen molar-refractivity contribution in [1.82, 2.24) is 4.98 Å². The summed E-state index contributed by atoms with van der Waals surface area (Å²) >= 11 is 10.7. The number of nitrogen functional groups attached to an aromatic ring is 1. The van der Waals surface area contributed by atoms with Crippen LogP contribution in [0, 0.1) is 12.1 Å². The minimum absolute atomic E-state index is 0.0316. The summed E-state index contributed by atoms with van der Waals surface area (Å²) in [6.07, 6.45) is 2.14. The second-order valence-corrected chi connectivity index (χ2v) is 2.31. The van der Waals surface area contributed by atoms with Gasteiger partial charge in [-0.3, -0.25) is 0 Å². The van der Waals surface area contributed by atoms with Crippen molar-refractivity contribution in [3.63, 3.8) is 0 Å². The lowest BCUT2D eigenvalue weighted by molar-refractivity contribution is 0.584. The van der Waals surface area contributed by atoms with Gasteiger partial charge in [-0.05, 0) is 0 Å². The lowest BCUT2D eigenvalue weighted by Crippen LogP contribution is -1.93. The summed E-state index contributed by atoms with van der Waals surface area (Å²) in [5, 5.41) is -0.227. The number of nitrogens with zero attached hydrogens (tertiary/aromatic N) is 1. The molecular formula is C5H2Cl2FN2. The van der Waals surface area contributed by atoms with Crippen molar-refractivity contribution in [2.24, 2.45) is 0 Å². The molecule has 2 nitrogen and oxygen atoms in total. The maximum atomic E-state index is 12.3. The van der Waals surface area contributed by atoms with Gasteiger partial charge in [-0.1, -0.05) is 23.2 Å². The van der Waals surface area contributed by atoms with Crippen molar-refractivity contribution >= 4 is 28.9 Å². The Morgan fingerprint density at radius 1 is 1.50 bits per heavy atom. The highest BCUT2D eigenvalue weighted by Crippen LogP contribution is 2.26. The first-order valence-corrected chi connectivity index (χ1v) is 3.06. The van der Waals surface area contributed by atoms with Crippen LogP contribution < -0.4 is 5.73 Å². The average Bonchev–Trinajstić information content (AvgIpc) is 1.93. The summed E-state index contributed by atoms with van der Waals surface area (Å²) in [6.45, 7) is 0. The number of anilines is 1. The lowest BCUT2D eigenvalue weighted by atomic mass is 10.4. The van der Waals surface area contributed by atoms with Crippen molar-refractivity contribution in [1.29, 1.82) is 0 Å². The van der Waals surface area contributed by atoms with Crippen LogP contribution >= 0.6 is 23.2 Å². The van der Waals surface area contributed by atoms with Crippen LogP contribution in [0.25, 0.3) is 0 Å². The number of hydrogen-bond donors (Lipinski definition) is 1. The highest BCUT2D eigenvalue weighted by molar-refractivity contribution is 6.38. The van der Waals surface area contributed by atoms with Crippen LogP contribution in [-0.2, 0) is 0 Å². The van der Waals surface area contributed by atoms with Crippen molar-refractivity contribution in [3.8, 4) is 0 Å². The van der Waals surface area contributed by atoms with Gasteiger partial charge in [0.15, 0.2) is 0 Å². The SMILES string of the molecule is Nc1c(Cl)[c]nc(F)c1Cl. The Bertz CT molecular complexity index is 237. The molecule has 1 aromatic rings. The van der Waals surface area contributed by atoms with Crippen molar-refractivity contribution in [2.75, 3.05) is 5.73 Å². The molecule has 0 aliphatic heterocycles. The zero-order valence-corrected chi connectivity index (χ0v) is 6.17. The third-order valence-electron chi connectivity index (χ3n) is 0.906. The number of aromatic nitrogens is 1. The first-order valence-electron chi connectivity index (χ1n) is 2.30. The van der Waals surface area contributed by atoms with Gasteiger partial charge in [0.25, 0.3) is 0 Å². The molecule has 10 heavy (non-hydrogen) atoms. The first-order chi connectivity index (χ1) is 4.63. The maximum absolute atomic E-state index is 12.3. The number of pyridine rings is 1. The number of hydrogen-bond acceptors (Lipinski definition) is 2. The maximum Gasteiger partial charge on any atom is 0.234 e. The fourth-order valence-electron chi connectivity index (χ4n) is 0.415. The molecule has 0 bridgehead atoms. The predicted octanol–water partition coefficient (Wildman–Crippen LogP) is 1.91. The van der Waals surface area contributed by atoms with Crippen LogP contribution in [0.4, 0.5) is 10.1 Å². The van der Waals surface area contributed by atoms with E-state index in [0.717, 1.165) is 0 Å². The van der Waals surface area contributed by atoms with Crippen LogP contribution in [-0.4, -0.2) is 4.98 Å². The van der Waals surface area contributed by atoms with Gasteiger partial charge in [0.1, 0.15) is 11.2 Å². The normalized spacial score (nSPS) is 9.90. The van der Waals surface area contributed by atoms with Gasteiger partial charge < -0.3 is 5.73 Å². The van der Waals surface area contributed by atoms with Gasteiger partial charge in [0.2, 0.25) is 5.95 Å². The molecule has 1 heterocycles. The van der Waals surface area contributed by atoms with Crippen LogP contribution in [0.2, 0.25) is 10.0 Å². The van der Waals surface area contributed by atoms with E-state index in [1.807, 2.05) is 0 Å². The fourth-order valence-corrected chi connectivity index (χ4v) is 0.737. The molecule has 0 aromatic carbocycles. The summed E-state index contributed by atoms with van der Waals surface area (Å²) in [6, 6.07) is 0. The molecule has 0 unspecified atom stereocenters. The highest BCUT2D eigenvalue weighted by Gasteiger charge is 2.07. The van der Waals surface area contributed by atoms with Gasteiger partial charge in [-0.15, -0.1) is 0 Å². The summed E-state index contributed by atoms with van der Waals surface area (Å²) in [7, 11) is 0. The molecule has 0 amide bonds. The standard InChI is InChI=1S/C5H2Cl2FN2/c6-2-1-10-5(8)3(7)4(2)9/h(H2,9,10). The Morgan fingerprint density at radius 3 is 2.60 bits per heavy atom. The van der Waals surface area contributed by atoms with Gasteiger partial charge in [0, 0.05) is 0 Å². The summed E-state index contributed by atoms with van der Waals surface area (Å²) in [5.74, 6) is -0.858. The van der Waals surface area contributed by atoms with E-state index < -0.39 is 5.95 Å². The Morgan fingerprint density at radius 2 is 2.10 bits per heavy atom. The van der Waals surface area contributed by atoms with E-state index in [2.05, 4.69) is 11.2 Å². The zero-order valence-electron chi connectivity index (χ0n) is 4.66. The highest BCUT2D eigenvalue weighted by atomic mass is 35.5. The van der Waals surface area contributed by atoms with E-state index in [0.29, 0.717) is 0 Å². The number of halogens is 3. The van der Waals surface area contributed by atoms with E-state index in [1.54, 1.807) is 0 Å². The molecule has 2 N–H and O–H groups in total. The van der Waals surface area contributed by atoms with E-state index in [-0.39, 0.29) is 15.7 Å². The molecule has 0 saturated carbocycles. The molecule has 0 aliphatic rings. The molecule has 0 spiro atoms. The largest absolute Gasteiger partial charge is 0.396 e. The fraction of sp³-hybridized carbons (Fsp3) is 0. The van der Waals surface area contributed by atoms with Crippen LogP contribution in [0.3, 0.4) is 0 Å². The smallest absolute Gasteiger partial charge is 0.234 e. The molecule has 5 heteroatoms. The molecule has 0 fully saturated rings. The summed E-state index contributed by atoms with van der Waals surface area (Å²) in [5.41, 5.74) is 5.18. The average molecular weight is 180 g/mol. The summed E-state index contributed by atoms with van der Waals surface area (Å²) < 4.78 is 12.3. The molecular weight excluding hydrogens is 178 g/mol. The Balaban J connectivity index is 3.34. The monoisotopic (exact) mass is 179 g/mol. The number of nitrogens with two attached hydrogens (primary N) is 1. The third-order valence-corrected chi connectivity index (χ3v) is 1.55. The van der Waals surface area contributed by atoms with Crippen molar-refractivity contribution in [2.45, 2.75) is 0 Å². The minimum atomic E-state index is -0.858. The zero-order chi connectivity index (χ0) is 7.72. The quantitative estimate of drug-likeness (QED) is 0.619. The van der Waals surface area contributed by atoms with Gasteiger partial charge >= 0.3 is 0 Å². The Labute approximate surface area is 66.8 Å². The summed E-state index contributed by atoms with van der Waals surface area (Å²) in [4.78, 5) is 3.10. The molecule has 1 rings (SSSR count). The topological polar surface area (TPSA) is 38.9 Å². The second-order valence-electron chi connectivity index (χ2n) is 1.56. The number of rotatable bonds is 0. The van der Waals surface area contributed by atoms with Crippen LogP contribution in [0.15, 0.2) is 0 Å². The molecule has 0 saturated heterocycles. The Kier molecular flexibility index (Phi) is 1.97. The predicted molar refractivity (Wildman–Crippen MR) is 37.5 cm³/mol. The molecule has 1 aromatic heterocycles. The van der Waals surface area contributed by atoms with Gasteiger partial charge in [0.05, 0.1) is 10.7 Å².